The van der Waals surface area contributed by atoms with E-state index in [2.05, 4.69) is 0 Å². The van der Waals surface area contributed by atoms with Gasteiger partial charge in [0, 0.05) is 28.7 Å². The lowest BCUT2D eigenvalue weighted by atomic mass is 9.88. The van der Waals surface area contributed by atoms with Gasteiger partial charge in [-0.25, -0.2) is 0 Å². The molecule has 3 atom stereocenters. The first kappa shape index (κ1) is 19.8. The number of hydrogen-bond donors (Lipinski definition) is 0. The molecule has 0 N–H and O–H groups in total. The Bertz CT molecular complexity index is 742. The number of rotatable bonds is 7. The number of ketones is 2. The van der Waals surface area contributed by atoms with Crippen molar-refractivity contribution in [2.75, 3.05) is 13.2 Å². The Morgan fingerprint density at radius 2 is 2.00 bits per heavy atom. The van der Waals surface area contributed by atoms with Crippen LogP contribution in [0.4, 0.5) is 0 Å². The second-order valence-corrected chi connectivity index (χ2v) is 7.04. The fraction of sp³-hybridized carbons (Fsp3) is 0.526. The summed E-state index contributed by atoms with van der Waals surface area (Å²) < 4.78 is 5.03. The van der Waals surface area contributed by atoms with Crippen molar-refractivity contribution < 1.29 is 24.0 Å². The standard InChI is InChI=1S/C19H23NO6/c1-11-4-5-14(12(2)6-11)18(22)10-26-19(23)8-15-16(9-20(24)25)13(3)7-17(15)21/h4-6,13,15-16H,7-10H2,1-3H3/t13-,15-,16+/m1/s1. The van der Waals surface area contributed by atoms with Gasteiger partial charge in [0.2, 0.25) is 12.3 Å². The molecule has 1 aliphatic rings. The van der Waals surface area contributed by atoms with E-state index in [1.54, 1.807) is 13.0 Å². The summed E-state index contributed by atoms with van der Waals surface area (Å²) in [4.78, 5) is 46.7. The van der Waals surface area contributed by atoms with Gasteiger partial charge >= 0.3 is 5.97 Å². The molecule has 7 nitrogen and oxygen atoms in total. The average molecular weight is 361 g/mol. The number of nitro groups is 1. The Hall–Kier alpha value is -2.57. The number of Topliss-reactive ketones (excluding diaryl/α,β-unsaturated/α-hetero) is 2. The molecule has 0 aromatic heterocycles. The molecule has 26 heavy (non-hydrogen) atoms. The van der Waals surface area contributed by atoms with Gasteiger partial charge in [0.1, 0.15) is 5.78 Å². The summed E-state index contributed by atoms with van der Waals surface area (Å²) in [5.74, 6) is -2.46. The lowest BCUT2D eigenvalue weighted by Crippen LogP contribution is -2.28. The van der Waals surface area contributed by atoms with E-state index in [4.69, 9.17) is 4.74 Å². The highest BCUT2D eigenvalue weighted by molar-refractivity contribution is 5.99. The third-order valence-electron chi connectivity index (χ3n) is 4.98. The van der Waals surface area contributed by atoms with Crippen molar-refractivity contribution in [3.63, 3.8) is 0 Å². The Kier molecular flexibility index (Phi) is 6.23. The zero-order valence-electron chi connectivity index (χ0n) is 15.2. The van der Waals surface area contributed by atoms with Crippen molar-refractivity contribution in [2.45, 2.75) is 33.6 Å². The molecule has 2 rings (SSSR count). The minimum atomic E-state index is -0.709. The third-order valence-corrected chi connectivity index (χ3v) is 4.98. The number of hydrogen-bond acceptors (Lipinski definition) is 6. The lowest BCUT2D eigenvalue weighted by Gasteiger charge is -2.17. The smallest absolute Gasteiger partial charge is 0.306 e. The Morgan fingerprint density at radius 1 is 1.31 bits per heavy atom. The summed E-state index contributed by atoms with van der Waals surface area (Å²) in [6.07, 6.45) is 0.0137. The van der Waals surface area contributed by atoms with Gasteiger partial charge in [-0.05, 0) is 25.3 Å². The first-order chi connectivity index (χ1) is 12.2. The van der Waals surface area contributed by atoms with Gasteiger partial charge in [-0.15, -0.1) is 0 Å². The number of esters is 1. The van der Waals surface area contributed by atoms with Crippen LogP contribution in [0.3, 0.4) is 0 Å². The molecule has 0 heterocycles. The van der Waals surface area contributed by atoms with Crippen molar-refractivity contribution in [1.82, 2.24) is 0 Å². The number of aryl methyl sites for hydroxylation is 2. The molecule has 0 aliphatic heterocycles. The molecular formula is C19H23NO6. The minimum Gasteiger partial charge on any atom is -0.457 e. The highest BCUT2D eigenvalue weighted by Crippen LogP contribution is 2.36. The van der Waals surface area contributed by atoms with Crippen LogP contribution < -0.4 is 0 Å². The first-order valence-electron chi connectivity index (χ1n) is 8.59. The van der Waals surface area contributed by atoms with E-state index in [0.29, 0.717) is 5.56 Å². The van der Waals surface area contributed by atoms with Gasteiger partial charge in [0.05, 0.1) is 6.42 Å². The SMILES string of the molecule is Cc1ccc(C(=O)COC(=O)C[C@H]2C(=O)C[C@@H](C)[C@@H]2C[N+](=O)[O-])c(C)c1. The van der Waals surface area contributed by atoms with Crippen molar-refractivity contribution in [2.24, 2.45) is 17.8 Å². The molecule has 1 aromatic rings. The van der Waals surface area contributed by atoms with E-state index < -0.39 is 29.3 Å². The highest BCUT2D eigenvalue weighted by Gasteiger charge is 2.44. The molecule has 0 radical (unpaired) electrons. The molecule has 1 aromatic carbocycles. The largest absolute Gasteiger partial charge is 0.457 e. The predicted octanol–water partition coefficient (Wildman–Crippen LogP) is 2.54. The van der Waals surface area contributed by atoms with Crippen LogP contribution in [0, 0.1) is 41.7 Å². The van der Waals surface area contributed by atoms with Crippen molar-refractivity contribution in [1.29, 1.82) is 0 Å². The van der Waals surface area contributed by atoms with Gasteiger partial charge < -0.3 is 4.74 Å². The molecule has 1 fully saturated rings. The van der Waals surface area contributed by atoms with Crippen molar-refractivity contribution in [3.05, 3.63) is 45.0 Å². The van der Waals surface area contributed by atoms with Gasteiger partial charge in [-0.1, -0.05) is 30.7 Å². The van der Waals surface area contributed by atoms with Gasteiger partial charge in [0.25, 0.3) is 0 Å². The van der Waals surface area contributed by atoms with Gasteiger partial charge in [-0.3, -0.25) is 24.5 Å². The van der Waals surface area contributed by atoms with E-state index in [1.807, 2.05) is 26.0 Å². The van der Waals surface area contributed by atoms with E-state index in [-0.39, 0.29) is 36.9 Å². The third kappa shape index (κ3) is 4.74. The summed E-state index contributed by atoms with van der Waals surface area (Å²) in [5.41, 5.74) is 2.32. The second-order valence-electron chi connectivity index (χ2n) is 7.04. The van der Waals surface area contributed by atoms with Crippen LogP contribution >= 0.6 is 0 Å². The van der Waals surface area contributed by atoms with Crippen LogP contribution in [0.15, 0.2) is 18.2 Å². The number of nitrogens with zero attached hydrogens (tertiary/aromatic N) is 1. The van der Waals surface area contributed by atoms with Crippen LogP contribution in [-0.4, -0.2) is 35.6 Å². The summed E-state index contributed by atoms with van der Waals surface area (Å²) in [6, 6.07) is 5.37. The Morgan fingerprint density at radius 3 is 2.62 bits per heavy atom. The number of ether oxygens (including phenoxy) is 1. The normalized spacial score (nSPS) is 22.3. The van der Waals surface area contributed by atoms with E-state index in [0.717, 1.165) is 11.1 Å². The predicted molar refractivity (Wildman–Crippen MR) is 93.5 cm³/mol. The van der Waals surface area contributed by atoms with Gasteiger partial charge in [0.15, 0.2) is 6.61 Å². The fourth-order valence-corrected chi connectivity index (χ4v) is 3.59. The van der Waals surface area contributed by atoms with E-state index >= 15 is 0 Å². The maximum atomic E-state index is 12.2. The van der Waals surface area contributed by atoms with Crippen LogP contribution in [0.1, 0.15) is 41.3 Å². The number of carbonyl (C=O) groups is 3. The molecule has 1 saturated carbocycles. The maximum absolute atomic E-state index is 12.2. The second kappa shape index (κ2) is 8.21. The van der Waals surface area contributed by atoms with Crippen LogP contribution in [0.25, 0.3) is 0 Å². The van der Waals surface area contributed by atoms with Crippen molar-refractivity contribution >= 4 is 17.5 Å². The van der Waals surface area contributed by atoms with Crippen LogP contribution in [0.5, 0.6) is 0 Å². The first-order valence-corrected chi connectivity index (χ1v) is 8.59. The summed E-state index contributed by atoms with van der Waals surface area (Å²) in [6.45, 7) is 4.76. The summed E-state index contributed by atoms with van der Waals surface area (Å²) in [7, 11) is 0. The fourth-order valence-electron chi connectivity index (χ4n) is 3.59. The Balaban J connectivity index is 1.94. The highest BCUT2D eigenvalue weighted by atomic mass is 16.6. The maximum Gasteiger partial charge on any atom is 0.306 e. The molecule has 140 valence electrons. The molecular weight excluding hydrogens is 338 g/mol. The molecule has 0 bridgehead atoms. The average Bonchev–Trinajstić information content (AvgIpc) is 2.79. The molecule has 7 heteroatoms. The summed E-state index contributed by atoms with van der Waals surface area (Å²) in [5, 5.41) is 10.8. The Labute approximate surface area is 151 Å². The van der Waals surface area contributed by atoms with Gasteiger partial charge in [-0.2, -0.15) is 0 Å². The molecule has 1 aliphatic carbocycles. The zero-order valence-corrected chi connectivity index (χ0v) is 15.2. The molecule has 0 amide bonds. The van der Waals surface area contributed by atoms with Crippen molar-refractivity contribution in [3.8, 4) is 0 Å². The minimum absolute atomic E-state index is 0.137. The molecule has 0 unspecified atom stereocenters. The van der Waals surface area contributed by atoms with E-state index in [1.165, 1.54) is 0 Å². The molecule has 0 saturated heterocycles. The topological polar surface area (TPSA) is 104 Å². The lowest BCUT2D eigenvalue weighted by molar-refractivity contribution is -0.490. The summed E-state index contributed by atoms with van der Waals surface area (Å²) >= 11 is 0. The molecule has 0 spiro atoms. The quantitative estimate of drug-likeness (QED) is 0.320. The number of benzene rings is 1. The monoisotopic (exact) mass is 361 g/mol. The number of carbonyl (C=O) groups excluding carboxylic acids is 3. The zero-order chi connectivity index (χ0) is 19.4. The van der Waals surface area contributed by atoms with Crippen LogP contribution in [-0.2, 0) is 14.3 Å². The van der Waals surface area contributed by atoms with Crippen LogP contribution in [0.2, 0.25) is 0 Å². The van der Waals surface area contributed by atoms with E-state index in [9.17, 15) is 24.5 Å².